The maximum Gasteiger partial charge on any atom is 0.262 e. The highest BCUT2D eigenvalue weighted by Crippen LogP contribution is 2.21. The number of benzene rings is 1. The van der Waals surface area contributed by atoms with Crippen LogP contribution in [0.1, 0.15) is 20.8 Å². The van der Waals surface area contributed by atoms with Gasteiger partial charge in [-0.2, -0.15) is 0 Å². The second-order valence-electron chi connectivity index (χ2n) is 3.21. The van der Waals surface area contributed by atoms with Crippen LogP contribution < -0.4 is 0 Å². The standard InChI is InChI=1S/C12H9ClOS/c13-12(14)11-10(6-7-15-11)8-9-4-2-1-3-5-9/h1-7H,8H2. The van der Waals surface area contributed by atoms with Gasteiger partial charge in [0.15, 0.2) is 0 Å². The van der Waals surface area contributed by atoms with E-state index in [1.165, 1.54) is 16.9 Å². The lowest BCUT2D eigenvalue weighted by molar-refractivity contribution is 0.108. The molecule has 0 saturated heterocycles. The summed E-state index contributed by atoms with van der Waals surface area (Å²) in [5, 5.41) is 1.53. The van der Waals surface area contributed by atoms with Crippen molar-refractivity contribution in [2.75, 3.05) is 0 Å². The van der Waals surface area contributed by atoms with Gasteiger partial charge < -0.3 is 0 Å². The van der Waals surface area contributed by atoms with Gasteiger partial charge in [-0.3, -0.25) is 4.79 Å². The molecule has 0 aliphatic carbocycles. The molecule has 2 aromatic rings. The zero-order valence-corrected chi connectivity index (χ0v) is 9.52. The second-order valence-corrected chi connectivity index (χ2v) is 4.47. The van der Waals surface area contributed by atoms with Crippen LogP contribution in [0.3, 0.4) is 0 Å². The predicted octanol–water partition coefficient (Wildman–Crippen LogP) is 3.72. The van der Waals surface area contributed by atoms with Gasteiger partial charge >= 0.3 is 0 Å². The Morgan fingerprint density at radius 3 is 2.60 bits per heavy atom. The topological polar surface area (TPSA) is 17.1 Å². The molecule has 0 fully saturated rings. The second kappa shape index (κ2) is 4.60. The molecule has 0 radical (unpaired) electrons. The van der Waals surface area contributed by atoms with Gasteiger partial charge in [0.05, 0.1) is 4.88 Å². The molecule has 0 aliphatic heterocycles. The summed E-state index contributed by atoms with van der Waals surface area (Å²) in [6, 6.07) is 12.0. The van der Waals surface area contributed by atoms with Crippen molar-refractivity contribution in [3.05, 3.63) is 57.8 Å². The summed E-state index contributed by atoms with van der Waals surface area (Å²) in [6.45, 7) is 0. The molecule has 1 aromatic carbocycles. The van der Waals surface area contributed by atoms with Gasteiger partial charge in [-0.25, -0.2) is 0 Å². The van der Waals surface area contributed by atoms with Crippen molar-refractivity contribution in [3.63, 3.8) is 0 Å². The minimum Gasteiger partial charge on any atom is -0.275 e. The lowest BCUT2D eigenvalue weighted by Gasteiger charge is -2.00. The highest BCUT2D eigenvalue weighted by molar-refractivity contribution is 7.14. The van der Waals surface area contributed by atoms with Crippen LogP contribution in [0.25, 0.3) is 0 Å². The Hall–Kier alpha value is -1.12. The molecule has 0 atom stereocenters. The highest BCUT2D eigenvalue weighted by Gasteiger charge is 2.10. The van der Waals surface area contributed by atoms with Gasteiger partial charge in [-0.15, -0.1) is 11.3 Å². The summed E-state index contributed by atoms with van der Waals surface area (Å²) < 4.78 is 0. The van der Waals surface area contributed by atoms with E-state index in [1.54, 1.807) is 0 Å². The molecule has 15 heavy (non-hydrogen) atoms. The Bertz CT molecular complexity index is 461. The lowest BCUT2D eigenvalue weighted by Crippen LogP contribution is -1.93. The van der Waals surface area contributed by atoms with Crippen molar-refractivity contribution < 1.29 is 4.79 Å². The number of thiophene rings is 1. The largest absolute Gasteiger partial charge is 0.275 e. The average Bonchev–Trinajstić information content (AvgIpc) is 2.67. The highest BCUT2D eigenvalue weighted by atomic mass is 35.5. The van der Waals surface area contributed by atoms with Crippen LogP contribution in [-0.4, -0.2) is 5.24 Å². The molecule has 0 amide bonds. The Kier molecular flexibility index (Phi) is 3.19. The Labute approximate surface area is 97.3 Å². The molecule has 1 nitrogen and oxygen atoms in total. The fourth-order valence-electron chi connectivity index (χ4n) is 1.46. The van der Waals surface area contributed by atoms with Crippen LogP contribution in [0, 0.1) is 0 Å². The number of hydrogen-bond donors (Lipinski definition) is 0. The molecule has 0 saturated carbocycles. The van der Waals surface area contributed by atoms with Crippen LogP contribution >= 0.6 is 22.9 Å². The van der Waals surface area contributed by atoms with Crippen LogP contribution in [0.2, 0.25) is 0 Å². The van der Waals surface area contributed by atoms with E-state index < -0.39 is 0 Å². The Balaban J connectivity index is 2.25. The van der Waals surface area contributed by atoms with Crippen molar-refractivity contribution >= 4 is 28.2 Å². The van der Waals surface area contributed by atoms with Crippen LogP contribution in [0.5, 0.6) is 0 Å². The molecule has 0 aliphatic rings. The minimum absolute atomic E-state index is 0.365. The number of halogens is 1. The van der Waals surface area contributed by atoms with Gasteiger partial charge in [0.25, 0.3) is 5.24 Å². The van der Waals surface area contributed by atoms with E-state index in [9.17, 15) is 4.79 Å². The molecule has 2 rings (SSSR count). The monoisotopic (exact) mass is 236 g/mol. The first-order chi connectivity index (χ1) is 7.27. The zero-order chi connectivity index (χ0) is 10.7. The summed E-state index contributed by atoms with van der Waals surface area (Å²) in [5.41, 5.74) is 2.20. The lowest BCUT2D eigenvalue weighted by atomic mass is 10.1. The smallest absolute Gasteiger partial charge is 0.262 e. The van der Waals surface area contributed by atoms with Gasteiger partial charge in [0, 0.05) is 0 Å². The van der Waals surface area contributed by atoms with Gasteiger partial charge in [0.2, 0.25) is 0 Å². The molecule has 0 bridgehead atoms. The summed E-state index contributed by atoms with van der Waals surface area (Å²) in [7, 11) is 0. The number of hydrogen-bond acceptors (Lipinski definition) is 2. The fourth-order valence-corrected chi connectivity index (χ4v) is 2.47. The maximum absolute atomic E-state index is 11.1. The number of carbonyl (C=O) groups is 1. The van der Waals surface area contributed by atoms with E-state index >= 15 is 0 Å². The van der Waals surface area contributed by atoms with E-state index in [4.69, 9.17) is 11.6 Å². The fraction of sp³-hybridized carbons (Fsp3) is 0.0833. The SMILES string of the molecule is O=C(Cl)c1sccc1Cc1ccccc1. The molecular formula is C12H9ClOS. The first-order valence-corrected chi connectivity index (χ1v) is 5.83. The minimum atomic E-state index is -0.365. The van der Waals surface area contributed by atoms with Crippen molar-refractivity contribution in [3.8, 4) is 0 Å². The maximum atomic E-state index is 11.1. The van der Waals surface area contributed by atoms with Crippen LogP contribution in [-0.2, 0) is 6.42 Å². The zero-order valence-electron chi connectivity index (χ0n) is 7.94. The quantitative estimate of drug-likeness (QED) is 0.743. The summed E-state index contributed by atoms with van der Waals surface area (Å²) in [6.07, 6.45) is 0.762. The first-order valence-electron chi connectivity index (χ1n) is 4.57. The molecule has 1 heterocycles. The third-order valence-corrected chi connectivity index (χ3v) is 3.42. The van der Waals surface area contributed by atoms with E-state index in [-0.39, 0.29) is 5.24 Å². The first kappa shape index (κ1) is 10.4. The molecule has 76 valence electrons. The molecule has 0 spiro atoms. The molecule has 3 heteroatoms. The number of carbonyl (C=O) groups excluding carboxylic acids is 1. The van der Waals surface area contributed by atoms with E-state index in [0.717, 1.165) is 12.0 Å². The van der Waals surface area contributed by atoms with Crippen LogP contribution in [0.15, 0.2) is 41.8 Å². The molecular weight excluding hydrogens is 228 g/mol. The third-order valence-electron chi connectivity index (χ3n) is 2.16. The van der Waals surface area contributed by atoms with E-state index in [1.807, 2.05) is 41.8 Å². The van der Waals surface area contributed by atoms with Crippen molar-refractivity contribution in [2.24, 2.45) is 0 Å². The Morgan fingerprint density at radius 2 is 1.93 bits per heavy atom. The van der Waals surface area contributed by atoms with E-state index in [2.05, 4.69) is 0 Å². The van der Waals surface area contributed by atoms with Gasteiger partial charge in [-0.1, -0.05) is 30.3 Å². The van der Waals surface area contributed by atoms with Crippen LogP contribution in [0.4, 0.5) is 0 Å². The number of rotatable bonds is 3. The van der Waals surface area contributed by atoms with Crippen molar-refractivity contribution in [2.45, 2.75) is 6.42 Å². The van der Waals surface area contributed by atoms with Gasteiger partial charge in [-0.05, 0) is 40.6 Å². The van der Waals surface area contributed by atoms with E-state index in [0.29, 0.717) is 4.88 Å². The van der Waals surface area contributed by atoms with Gasteiger partial charge in [0.1, 0.15) is 0 Å². The summed E-state index contributed by atoms with van der Waals surface area (Å²) in [4.78, 5) is 11.7. The Morgan fingerprint density at radius 1 is 1.20 bits per heavy atom. The molecule has 0 unspecified atom stereocenters. The predicted molar refractivity (Wildman–Crippen MR) is 63.8 cm³/mol. The normalized spacial score (nSPS) is 10.2. The third kappa shape index (κ3) is 2.46. The average molecular weight is 237 g/mol. The summed E-state index contributed by atoms with van der Waals surface area (Å²) >= 11 is 6.88. The summed E-state index contributed by atoms with van der Waals surface area (Å²) in [5.74, 6) is 0. The molecule has 1 aromatic heterocycles. The molecule has 0 N–H and O–H groups in total. The van der Waals surface area contributed by atoms with Crippen molar-refractivity contribution in [1.82, 2.24) is 0 Å². The van der Waals surface area contributed by atoms with Crippen molar-refractivity contribution in [1.29, 1.82) is 0 Å².